The topological polar surface area (TPSA) is 38.1 Å². The third-order valence-corrected chi connectivity index (χ3v) is 3.70. The Kier molecular flexibility index (Phi) is 3.57. The summed E-state index contributed by atoms with van der Waals surface area (Å²) in [4.78, 5) is 4.29. The number of aryl methyl sites for hydroxylation is 1. The summed E-state index contributed by atoms with van der Waals surface area (Å²) in [5.41, 5.74) is 0.474. The molecule has 2 unspecified atom stereocenters. The van der Waals surface area contributed by atoms with Gasteiger partial charge < -0.3 is 9.73 Å². The predicted molar refractivity (Wildman–Crippen MR) is 68.8 cm³/mol. The Hall–Kier alpha value is -0.830. The average Bonchev–Trinajstić information content (AvgIpc) is 2.63. The monoisotopic (exact) mass is 236 g/mol. The molecular formula is C14H24N2O. The van der Waals surface area contributed by atoms with Gasteiger partial charge in [0.2, 0.25) is 5.89 Å². The van der Waals surface area contributed by atoms with Gasteiger partial charge >= 0.3 is 0 Å². The highest BCUT2D eigenvalue weighted by molar-refractivity contribution is 4.96. The minimum atomic E-state index is 0.211. The first-order valence-corrected chi connectivity index (χ1v) is 6.65. The van der Waals surface area contributed by atoms with E-state index >= 15 is 0 Å². The molecule has 0 amide bonds. The van der Waals surface area contributed by atoms with E-state index in [1.165, 1.54) is 25.7 Å². The van der Waals surface area contributed by atoms with Crippen molar-refractivity contribution in [2.24, 2.45) is 5.41 Å². The summed E-state index contributed by atoms with van der Waals surface area (Å²) in [6.07, 6.45) is 6.97. The normalized spacial score (nSPS) is 25.8. The van der Waals surface area contributed by atoms with Gasteiger partial charge in [0.15, 0.2) is 0 Å². The van der Waals surface area contributed by atoms with Gasteiger partial charge in [0.25, 0.3) is 0 Å². The fraction of sp³-hybridized carbons (Fsp3) is 0.786. The van der Waals surface area contributed by atoms with Crippen LogP contribution in [0.25, 0.3) is 0 Å². The summed E-state index contributed by atoms with van der Waals surface area (Å²) in [6, 6.07) is 0.809. The Morgan fingerprint density at radius 3 is 2.88 bits per heavy atom. The Bertz CT molecular complexity index is 370. The largest absolute Gasteiger partial charge is 0.444 e. The lowest BCUT2D eigenvalue weighted by molar-refractivity contribution is 0.186. The van der Waals surface area contributed by atoms with Crippen LogP contribution >= 0.6 is 0 Å². The minimum absolute atomic E-state index is 0.211. The van der Waals surface area contributed by atoms with Crippen molar-refractivity contribution in [2.45, 2.75) is 65.5 Å². The van der Waals surface area contributed by atoms with Gasteiger partial charge in [-0.25, -0.2) is 4.98 Å². The Labute approximate surface area is 104 Å². The maximum Gasteiger partial charge on any atom is 0.211 e. The average molecular weight is 236 g/mol. The number of hydrogen-bond donors (Lipinski definition) is 1. The SMILES string of the molecule is Cc1cnc(C(C)NC2CCCC(C)(C)C2)o1. The van der Waals surface area contributed by atoms with Crippen LogP contribution in [0.5, 0.6) is 0 Å². The highest BCUT2D eigenvalue weighted by atomic mass is 16.4. The third kappa shape index (κ3) is 3.32. The van der Waals surface area contributed by atoms with E-state index in [0.717, 1.165) is 11.7 Å². The lowest BCUT2D eigenvalue weighted by Crippen LogP contribution is -2.38. The lowest BCUT2D eigenvalue weighted by Gasteiger charge is -2.36. The van der Waals surface area contributed by atoms with E-state index in [1.54, 1.807) is 6.20 Å². The molecule has 96 valence electrons. The molecule has 1 N–H and O–H groups in total. The summed E-state index contributed by atoms with van der Waals surface area (Å²) >= 11 is 0. The van der Waals surface area contributed by atoms with Crippen LogP contribution in [0, 0.1) is 12.3 Å². The van der Waals surface area contributed by atoms with Crippen molar-refractivity contribution in [3.8, 4) is 0 Å². The fourth-order valence-electron chi connectivity index (χ4n) is 2.84. The number of rotatable bonds is 3. The van der Waals surface area contributed by atoms with E-state index in [-0.39, 0.29) is 6.04 Å². The quantitative estimate of drug-likeness (QED) is 0.871. The molecule has 2 atom stereocenters. The molecule has 1 aliphatic rings. The molecule has 0 bridgehead atoms. The van der Waals surface area contributed by atoms with Gasteiger partial charge in [0.05, 0.1) is 12.2 Å². The van der Waals surface area contributed by atoms with Crippen LogP contribution in [-0.2, 0) is 0 Å². The molecule has 1 aromatic heterocycles. The lowest BCUT2D eigenvalue weighted by atomic mass is 9.75. The minimum Gasteiger partial charge on any atom is -0.444 e. The zero-order chi connectivity index (χ0) is 12.5. The highest BCUT2D eigenvalue weighted by Crippen LogP contribution is 2.35. The summed E-state index contributed by atoms with van der Waals surface area (Å²) in [5, 5.41) is 3.65. The van der Waals surface area contributed by atoms with E-state index in [1.807, 2.05) is 6.92 Å². The maximum absolute atomic E-state index is 5.57. The van der Waals surface area contributed by atoms with Crippen LogP contribution < -0.4 is 5.32 Å². The molecule has 0 spiro atoms. The molecule has 0 saturated heterocycles. The first-order chi connectivity index (χ1) is 7.96. The number of hydrogen-bond acceptors (Lipinski definition) is 3. The van der Waals surface area contributed by atoms with Crippen LogP contribution in [-0.4, -0.2) is 11.0 Å². The molecule has 0 radical (unpaired) electrons. The molecule has 1 fully saturated rings. The van der Waals surface area contributed by atoms with Gasteiger partial charge in [-0.05, 0) is 38.5 Å². The van der Waals surface area contributed by atoms with Crippen molar-refractivity contribution in [3.63, 3.8) is 0 Å². The van der Waals surface area contributed by atoms with Gasteiger partial charge in [0.1, 0.15) is 5.76 Å². The number of nitrogens with zero attached hydrogens (tertiary/aromatic N) is 1. The Morgan fingerprint density at radius 1 is 1.53 bits per heavy atom. The maximum atomic E-state index is 5.57. The highest BCUT2D eigenvalue weighted by Gasteiger charge is 2.29. The van der Waals surface area contributed by atoms with Gasteiger partial charge in [-0.1, -0.05) is 20.3 Å². The van der Waals surface area contributed by atoms with Crippen molar-refractivity contribution >= 4 is 0 Å². The molecule has 1 aliphatic carbocycles. The second-order valence-electron chi connectivity index (χ2n) is 6.15. The number of aromatic nitrogens is 1. The molecule has 3 heteroatoms. The molecule has 1 heterocycles. The summed E-state index contributed by atoms with van der Waals surface area (Å²) in [7, 11) is 0. The van der Waals surface area contributed by atoms with Crippen LogP contribution in [0.3, 0.4) is 0 Å². The van der Waals surface area contributed by atoms with E-state index in [9.17, 15) is 0 Å². The van der Waals surface area contributed by atoms with Gasteiger partial charge in [-0.15, -0.1) is 0 Å². The number of nitrogens with one attached hydrogen (secondary N) is 1. The van der Waals surface area contributed by atoms with Crippen LogP contribution in [0.15, 0.2) is 10.6 Å². The number of oxazole rings is 1. The summed E-state index contributed by atoms with van der Waals surface area (Å²) in [5.74, 6) is 1.70. The first kappa shape index (κ1) is 12.6. The van der Waals surface area contributed by atoms with Crippen molar-refractivity contribution in [3.05, 3.63) is 17.8 Å². The molecular weight excluding hydrogens is 212 g/mol. The predicted octanol–water partition coefficient (Wildman–Crippen LogP) is 3.60. The zero-order valence-electron chi connectivity index (χ0n) is 11.4. The van der Waals surface area contributed by atoms with Crippen LogP contribution in [0.4, 0.5) is 0 Å². The standard InChI is InChI=1S/C14H24N2O/c1-10-9-15-13(17-10)11(2)16-12-6-5-7-14(3,4)8-12/h9,11-12,16H,5-8H2,1-4H3. The van der Waals surface area contributed by atoms with Crippen molar-refractivity contribution in [2.75, 3.05) is 0 Å². The van der Waals surface area contributed by atoms with Crippen molar-refractivity contribution < 1.29 is 4.42 Å². The Balaban J connectivity index is 1.92. The van der Waals surface area contributed by atoms with Gasteiger partial charge in [0, 0.05) is 6.04 Å². The molecule has 0 aromatic carbocycles. The first-order valence-electron chi connectivity index (χ1n) is 6.65. The second-order valence-corrected chi connectivity index (χ2v) is 6.15. The summed E-state index contributed by atoms with van der Waals surface area (Å²) < 4.78 is 5.57. The van der Waals surface area contributed by atoms with E-state index in [2.05, 4.69) is 31.1 Å². The molecule has 3 nitrogen and oxygen atoms in total. The molecule has 1 aromatic rings. The zero-order valence-corrected chi connectivity index (χ0v) is 11.4. The van der Waals surface area contributed by atoms with Crippen molar-refractivity contribution in [1.29, 1.82) is 0 Å². The van der Waals surface area contributed by atoms with Crippen LogP contribution in [0.2, 0.25) is 0 Å². The second kappa shape index (κ2) is 4.81. The fourth-order valence-corrected chi connectivity index (χ4v) is 2.84. The van der Waals surface area contributed by atoms with E-state index < -0.39 is 0 Å². The van der Waals surface area contributed by atoms with E-state index in [4.69, 9.17) is 4.42 Å². The summed E-state index contributed by atoms with van der Waals surface area (Å²) in [6.45, 7) is 8.79. The van der Waals surface area contributed by atoms with Crippen LogP contribution in [0.1, 0.15) is 64.1 Å². The Morgan fingerprint density at radius 2 is 2.29 bits per heavy atom. The smallest absolute Gasteiger partial charge is 0.211 e. The molecule has 2 rings (SSSR count). The molecule has 17 heavy (non-hydrogen) atoms. The van der Waals surface area contributed by atoms with Gasteiger partial charge in [-0.3, -0.25) is 0 Å². The molecule has 1 saturated carbocycles. The third-order valence-electron chi connectivity index (χ3n) is 3.70. The van der Waals surface area contributed by atoms with Crippen molar-refractivity contribution in [1.82, 2.24) is 10.3 Å². The van der Waals surface area contributed by atoms with Gasteiger partial charge in [-0.2, -0.15) is 0 Å². The molecule has 0 aliphatic heterocycles. The van der Waals surface area contributed by atoms with E-state index in [0.29, 0.717) is 11.5 Å².